The van der Waals surface area contributed by atoms with E-state index in [9.17, 15) is 0 Å². The Morgan fingerprint density at radius 1 is 0.552 bits per heavy atom. The van der Waals surface area contributed by atoms with Gasteiger partial charge >= 0.3 is 0 Å². The molecule has 144 valence electrons. The van der Waals surface area contributed by atoms with Crippen molar-refractivity contribution in [3.63, 3.8) is 0 Å². The number of rotatable bonds is 4. The van der Waals surface area contributed by atoms with E-state index in [2.05, 4.69) is 25.3 Å². The molecule has 0 aliphatic carbocycles. The summed E-state index contributed by atoms with van der Waals surface area (Å²) in [5, 5.41) is 0. The van der Waals surface area contributed by atoms with Crippen LogP contribution in [-0.2, 0) is 0 Å². The van der Waals surface area contributed by atoms with Crippen LogP contribution in [0.4, 0.5) is 11.4 Å². The molecule has 0 aliphatic heterocycles. The highest BCUT2D eigenvalue weighted by molar-refractivity contribution is 7.80. The molecule has 0 aliphatic rings. The van der Waals surface area contributed by atoms with Crippen molar-refractivity contribution in [2.75, 3.05) is 11.5 Å². The van der Waals surface area contributed by atoms with Gasteiger partial charge in [0.05, 0.1) is 0 Å². The molecule has 0 atom stereocenters. The summed E-state index contributed by atoms with van der Waals surface area (Å²) in [7, 11) is 0. The Labute approximate surface area is 181 Å². The number of nitrogen functional groups attached to an aromatic ring is 2. The Hall–Kier alpha value is -3.02. The van der Waals surface area contributed by atoms with E-state index >= 15 is 0 Å². The summed E-state index contributed by atoms with van der Waals surface area (Å²) in [6, 6.07) is 27.3. The van der Waals surface area contributed by atoms with E-state index < -0.39 is 0 Å². The quantitative estimate of drug-likeness (QED) is 0.225. The van der Waals surface area contributed by atoms with E-state index in [1.807, 2.05) is 84.9 Å². The third kappa shape index (κ3) is 4.06. The van der Waals surface area contributed by atoms with Crippen molar-refractivity contribution in [2.24, 2.45) is 0 Å². The van der Waals surface area contributed by atoms with E-state index in [0.29, 0.717) is 11.4 Å². The highest BCUT2D eigenvalue weighted by Crippen LogP contribution is 2.39. The fourth-order valence-corrected chi connectivity index (χ4v) is 3.43. The molecular formula is C24H20N2OS2. The Balaban J connectivity index is 1.76. The van der Waals surface area contributed by atoms with Gasteiger partial charge in [-0.25, -0.2) is 0 Å². The molecule has 4 aromatic rings. The molecule has 0 radical (unpaired) electrons. The number of ether oxygens (including phenoxy) is 1. The van der Waals surface area contributed by atoms with E-state index in [-0.39, 0.29) is 0 Å². The van der Waals surface area contributed by atoms with Gasteiger partial charge in [0.15, 0.2) is 0 Å². The van der Waals surface area contributed by atoms with Crippen LogP contribution in [0.25, 0.3) is 22.3 Å². The van der Waals surface area contributed by atoms with Crippen LogP contribution < -0.4 is 16.2 Å². The van der Waals surface area contributed by atoms with Gasteiger partial charge in [-0.05, 0) is 47.5 Å². The summed E-state index contributed by atoms with van der Waals surface area (Å²) in [6.07, 6.45) is 0. The zero-order valence-electron chi connectivity index (χ0n) is 15.5. The smallest absolute Gasteiger partial charge is 0.135 e. The number of hydrogen-bond donors (Lipinski definition) is 4. The standard InChI is InChI=1S/C24H20N2OS2/c25-19-13-15(9-11-23(19)28)17-5-1-3-7-21(17)27-22-8-4-2-6-18(22)16-10-12-24(29)20(26)14-16/h1-14,28-29H,25-26H2. The lowest BCUT2D eigenvalue weighted by Crippen LogP contribution is -1.93. The fourth-order valence-electron chi connectivity index (χ4n) is 3.15. The summed E-state index contributed by atoms with van der Waals surface area (Å²) >= 11 is 8.72. The molecular weight excluding hydrogens is 396 g/mol. The topological polar surface area (TPSA) is 61.3 Å². The molecule has 0 saturated heterocycles. The number of thiol groups is 2. The highest BCUT2D eigenvalue weighted by atomic mass is 32.1. The van der Waals surface area contributed by atoms with Crippen LogP contribution in [-0.4, -0.2) is 0 Å². The SMILES string of the molecule is Nc1cc(-c2ccccc2Oc2ccccc2-c2ccc(S)c(N)c2)ccc1S. The minimum Gasteiger partial charge on any atom is -0.456 e. The molecule has 4 N–H and O–H groups in total. The summed E-state index contributed by atoms with van der Waals surface area (Å²) in [5.41, 5.74) is 17.2. The van der Waals surface area contributed by atoms with Gasteiger partial charge in [-0.15, -0.1) is 25.3 Å². The van der Waals surface area contributed by atoms with Crippen LogP contribution in [0.15, 0.2) is 94.7 Å². The first-order chi connectivity index (χ1) is 14.0. The molecule has 0 fully saturated rings. The van der Waals surface area contributed by atoms with Crippen LogP contribution >= 0.6 is 25.3 Å². The van der Waals surface area contributed by atoms with Gasteiger partial charge in [0.25, 0.3) is 0 Å². The number of nitrogens with two attached hydrogens (primary N) is 2. The highest BCUT2D eigenvalue weighted by Gasteiger charge is 2.12. The van der Waals surface area contributed by atoms with Gasteiger partial charge in [0.2, 0.25) is 0 Å². The van der Waals surface area contributed by atoms with Crippen molar-refractivity contribution in [1.82, 2.24) is 0 Å². The molecule has 0 aromatic heterocycles. The maximum absolute atomic E-state index is 6.37. The normalized spacial score (nSPS) is 10.7. The van der Waals surface area contributed by atoms with Crippen LogP contribution in [0.3, 0.4) is 0 Å². The lowest BCUT2D eigenvalue weighted by atomic mass is 10.0. The monoisotopic (exact) mass is 416 g/mol. The molecule has 0 spiro atoms. The average Bonchev–Trinajstić information content (AvgIpc) is 2.73. The van der Waals surface area contributed by atoms with Crippen LogP contribution in [0, 0.1) is 0 Å². The molecule has 5 heteroatoms. The van der Waals surface area contributed by atoms with E-state index in [0.717, 1.165) is 43.5 Å². The van der Waals surface area contributed by atoms with Crippen molar-refractivity contribution >= 4 is 36.6 Å². The van der Waals surface area contributed by atoms with E-state index in [1.165, 1.54) is 0 Å². The molecule has 0 saturated carbocycles. The molecule has 0 unspecified atom stereocenters. The van der Waals surface area contributed by atoms with Crippen molar-refractivity contribution < 1.29 is 4.74 Å². The average molecular weight is 417 g/mol. The van der Waals surface area contributed by atoms with Crippen molar-refractivity contribution in [3.8, 4) is 33.8 Å². The number of anilines is 2. The first-order valence-electron chi connectivity index (χ1n) is 9.06. The molecule has 0 amide bonds. The minimum atomic E-state index is 0.628. The summed E-state index contributed by atoms with van der Waals surface area (Å²) < 4.78 is 6.37. The second-order valence-electron chi connectivity index (χ2n) is 6.64. The van der Waals surface area contributed by atoms with Gasteiger partial charge in [-0.1, -0.05) is 48.5 Å². The van der Waals surface area contributed by atoms with Crippen molar-refractivity contribution in [1.29, 1.82) is 0 Å². The summed E-state index contributed by atoms with van der Waals surface area (Å²) in [5.74, 6) is 1.48. The Morgan fingerprint density at radius 2 is 0.966 bits per heavy atom. The van der Waals surface area contributed by atoms with E-state index in [1.54, 1.807) is 0 Å². The second-order valence-corrected chi connectivity index (χ2v) is 7.61. The van der Waals surface area contributed by atoms with Crippen molar-refractivity contribution in [2.45, 2.75) is 9.79 Å². The maximum Gasteiger partial charge on any atom is 0.135 e. The van der Waals surface area contributed by atoms with Gasteiger partial charge < -0.3 is 16.2 Å². The van der Waals surface area contributed by atoms with Gasteiger partial charge in [0, 0.05) is 32.3 Å². The third-order valence-electron chi connectivity index (χ3n) is 4.67. The van der Waals surface area contributed by atoms with Crippen LogP contribution in [0.1, 0.15) is 0 Å². The molecule has 29 heavy (non-hydrogen) atoms. The lowest BCUT2D eigenvalue weighted by molar-refractivity contribution is 0.486. The van der Waals surface area contributed by atoms with Crippen molar-refractivity contribution in [3.05, 3.63) is 84.9 Å². The Bertz CT molecular complexity index is 1100. The first kappa shape index (κ1) is 19.3. The lowest BCUT2D eigenvalue weighted by Gasteiger charge is -2.15. The van der Waals surface area contributed by atoms with Gasteiger partial charge in [0.1, 0.15) is 11.5 Å². The molecule has 4 aromatic carbocycles. The Kier molecular flexibility index (Phi) is 5.43. The second kappa shape index (κ2) is 8.15. The Morgan fingerprint density at radius 3 is 1.38 bits per heavy atom. The zero-order valence-corrected chi connectivity index (χ0v) is 17.3. The predicted molar refractivity (Wildman–Crippen MR) is 127 cm³/mol. The molecule has 4 rings (SSSR count). The number of para-hydroxylation sites is 2. The predicted octanol–water partition coefficient (Wildman–Crippen LogP) is 6.55. The summed E-state index contributed by atoms with van der Waals surface area (Å²) in [4.78, 5) is 1.51. The number of benzene rings is 4. The molecule has 3 nitrogen and oxygen atoms in total. The third-order valence-corrected chi connectivity index (χ3v) is 5.49. The first-order valence-corrected chi connectivity index (χ1v) is 9.96. The van der Waals surface area contributed by atoms with Gasteiger partial charge in [-0.2, -0.15) is 0 Å². The molecule has 0 bridgehead atoms. The largest absolute Gasteiger partial charge is 0.456 e. The van der Waals surface area contributed by atoms with Crippen LogP contribution in [0.2, 0.25) is 0 Å². The zero-order chi connectivity index (χ0) is 20.4. The van der Waals surface area contributed by atoms with Crippen LogP contribution in [0.5, 0.6) is 11.5 Å². The number of hydrogen-bond acceptors (Lipinski definition) is 5. The summed E-state index contributed by atoms with van der Waals surface area (Å²) in [6.45, 7) is 0. The van der Waals surface area contributed by atoms with Gasteiger partial charge in [-0.3, -0.25) is 0 Å². The van der Waals surface area contributed by atoms with E-state index in [4.69, 9.17) is 16.2 Å². The minimum absolute atomic E-state index is 0.628. The fraction of sp³-hybridized carbons (Fsp3) is 0. The molecule has 0 heterocycles. The maximum atomic E-state index is 6.37.